The molecule has 1 unspecified atom stereocenters. The van der Waals surface area contributed by atoms with Crippen molar-refractivity contribution in [1.29, 1.82) is 5.41 Å². The van der Waals surface area contributed by atoms with E-state index in [4.69, 9.17) is 11.1 Å². The van der Waals surface area contributed by atoms with Gasteiger partial charge in [0.2, 0.25) is 0 Å². The van der Waals surface area contributed by atoms with Crippen LogP contribution in [-0.4, -0.2) is 30.4 Å². The third-order valence-corrected chi connectivity index (χ3v) is 3.22. The third-order valence-electron chi connectivity index (χ3n) is 3.22. The molecule has 82 valence electrons. The van der Waals surface area contributed by atoms with Gasteiger partial charge < -0.3 is 10.6 Å². The predicted octanol–water partition coefficient (Wildman–Crippen LogP) is 1.82. The van der Waals surface area contributed by atoms with E-state index in [1.165, 1.54) is 38.8 Å². The van der Waals surface area contributed by atoms with Crippen molar-refractivity contribution in [3.63, 3.8) is 0 Å². The molecule has 1 heterocycles. The zero-order valence-electron chi connectivity index (χ0n) is 9.26. The summed E-state index contributed by atoms with van der Waals surface area (Å²) in [6.07, 6.45) is 6.08. The van der Waals surface area contributed by atoms with Gasteiger partial charge in [-0.2, -0.15) is 0 Å². The van der Waals surface area contributed by atoms with Crippen LogP contribution in [0, 0.1) is 11.3 Å². The van der Waals surface area contributed by atoms with Gasteiger partial charge in [0.1, 0.15) is 0 Å². The molecule has 0 aromatic carbocycles. The largest absolute Gasteiger partial charge is 0.388 e. The van der Waals surface area contributed by atoms with Crippen LogP contribution in [-0.2, 0) is 0 Å². The average molecular weight is 197 g/mol. The number of hydrogen-bond donors (Lipinski definition) is 2. The van der Waals surface area contributed by atoms with Gasteiger partial charge in [-0.25, -0.2) is 0 Å². The number of hydrogen-bond acceptors (Lipinski definition) is 2. The lowest BCUT2D eigenvalue weighted by Gasteiger charge is -2.19. The topological polar surface area (TPSA) is 53.1 Å². The van der Waals surface area contributed by atoms with E-state index >= 15 is 0 Å². The maximum absolute atomic E-state index is 7.19. The SMILES string of the molecule is CCC1CCCN(CCC(=N)N)CC1. The quantitative estimate of drug-likeness (QED) is 0.533. The van der Waals surface area contributed by atoms with Crippen LogP contribution < -0.4 is 5.73 Å². The molecule has 1 aliphatic rings. The summed E-state index contributed by atoms with van der Waals surface area (Å²) in [5.74, 6) is 1.25. The van der Waals surface area contributed by atoms with Crippen molar-refractivity contribution in [2.75, 3.05) is 19.6 Å². The van der Waals surface area contributed by atoms with Crippen molar-refractivity contribution in [3.05, 3.63) is 0 Å². The first kappa shape index (κ1) is 11.5. The molecule has 0 amide bonds. The van der Waals surface area contributed by atoms with Crippen LogP contribution >= 0.6 is 0 Å². The van der Waals surface area contributed by atoms with Gasteiger partial charge in [-0.1, -0.05) is 13.3 Å². The van der Waals surface area contributed by atoms with Gasteiger partial charge in [-0.3, -0.25) is 5.41 Å². The molecular weight excluding hydrogens is 174 g/mol. The fourth-order valence-corrected chi connectivity index (χ4v) is 2.14. The Morgan fingerprint density at radius 1 is 1.43 bits per heavy atom. The van der Waals surface area contributed by atoms with Gasteiger partial charge in [-0.05, 0) is 38.3 Å². The lowest BCUT2D eigenvalue weighted by Crippen LogP contribution is -2.29. The van der Waals surface area contributed by atoms with Gasteiger partial charge in [0.05, 0.1) is 5.84 Å². The Morgan fingerprint density at radius 3 is 2.86 bits per heavy atom. The first-order chi connectivity index (χ1) is 6.72. The normalized spacial score (nSPS) is 24.5. The number of rotatable bonds is 4. The number of nitrogens with zero attached hydrogens (tertiary/aromatic N) is 1. The molecule has 1 saturated heterocycles. The van der Waals surface area contributed by atoms with Crippen LogP contribution in [0.15, 0.2) is 0 Å². The molecule has 1 atom stereocenters. The minimum Gasteiger partial charge on any atom is -0.388 e. The number of nitrogens with two attached hydrogens (primary N) is 1. The second-order valence-electron chi connectivity index (χ2n) is 4.32. The van der Waals surface area contributed by atoms with Crippen molar-refractivity contribution < 1.29 is 0 Å². The maximum Gasteiger partial charge on any atom is 0.0918 e. The van der Waals surface area contributed by atoms with Gasteiger partial charge in [-0.15, -0.1) is 0 Å². The molecule has 0 aromatic rings. The van der Waals surface area contributed by atoms with Crippen molar-refractivity contribution in [1.82, 2.24) is 4.90 Å². The fourth-order valence-electron chi connectivity index (χ4n) is 2.14. The van der Waals surface area contributed by atoms with Crippen LogP contribution in [0.2, 0.25) is 0 Å². The Kier molecular flexibility index (Phi) is 4.94. The molecule has 0 aliphatic carbocycles. The minimum absolute atomic E-state index is 0.321. The minimum atomic E-state index is 0.321. The summed E-state index contributed by atoms with van der Waals surface area (Å²) in [6.45, 7) is 5.66. The summed E-state index contributed by atoms with van der Waals surface area (Å²) in [7, 11) is 0. The molecular formula is C11H23N3. The summed E-state index contributed by atoms with van der Waals surface area (Å²) < 4.78 is 0. The van der Waals surface area contributed by atoms with Crippen LogP contribution in [0.3, 0.4) is 0 Å². The van der Waals surface area contributed by atoms with E-state index in [9.17, 15) is 0 Å². The van der Waals surface area contributed by atoms with Gasteiger partial charge in [0.15, 0.2) is 0 Å². The predicted molar refractivity (Wildman–Crippen MR) is 60.6 cm³/mol. The standard InChI is InChI=1S/C11H23N3/c1-2-10-4-3-7-14(8-5-10)9-6-11(12)13/h10H,2-9H2,1H3,(H3,12,13). The van der Waals surface area contributed by atoms with Crippen molar-refractivity contribution in [2.24, 2.45) is 11.7 Å². The molecule has 0 aromatic heterocycles. The lowest BCUT2D eigenvalue weighted by atomic mass is 9.98. The van der Waals surface area contributed by atoms with Crippen LogP contribution in [0.4, 0.5) is 0 Å². The highest BCUT2D eigenvalue weighted by atomic mass is 15.1. The Morgan fingerprint density at radius 2 is 2.21 bits per heavy atom. The highest BCUT2D eigenvalue weighted by molar-refractivity contribution is 5.76. The summed E-state index contributed by atoms with van der Waals surface area (Å²) in [5.41, 5.74) is 5.36. The first-order valence-electron chi connectivity index (χ1n) is 5.77. The average Bonchev–Trinajstić information content (AvgIpc) is 2.39. The Labute approximate surface area is 87.2 Å². The smallest absolute Gasteiger partial charge is 0.0918 e. The van der Waals surface area contributed by atoms with E-state index in [1.807, 2.05) is 0 Å². The highest BCUT2D eigenvalue weighted by Crippen LogP contribution is 2.19. The van der Waals surface area contributed by atoms with E-state index < -0.39 is 0 Å². The zero-order chi connectivity index (χ0) is 10.4. The highest BCUT2D eigenvalue weighted by Gasteiger charge is 2.15. The molecule has 0 spiro atoms. The molecule has 3 N–H and O–H groups in total. The van der Waals surface area contributed by atoms with E-state index in [1.54, 1.807) is 0 Å². The molecule has 0 radical (unpaired) electrons. The first-order valence-corrected chi connectivity index (χ1v) is 5.77. The van der Waals surface area contributed by atoms with Crippen LogP contribution in [0.5, 0.6) is 0 Å². The van der Waals surface area contributed by atoms with Gasteiger partial charge in [0, 0.05) is 13.0 Å². The van der Waals surface area contributed by atoms with Gasteiger partial charge >= 0.3 is 0 Å². The van der Waals surface area contributed by atoms with Crippen LogP contribution in [0.1, 0.15) is 39.0 Å². The summed E-state index contributed by atoms with van der Waals surface area (Å²) in [6, 6.07) is 0. The molecule has 1 rings (SSSR count). The van der Waals surface area contributed by atoms with Gasteiger partial charge in [0.25, 0.3) is 0 Å². The maximum atomic E-state index is 7.19. The van der Waals surface area contributed by atoms with Crippen molar-refractivity contribution >= 4 is 5.84 Å². The Bertz CT molecular complexity index is 179. The van der Waals surface area contributed by atoms with E-state index in [0.29, 0.717) is 5.84 Å². The van der Waals surface area contributed by atoms with Crippen LogP contribution in [0.25, 0.3) is 0 Å². The molecule has 1 fully saturated rings. The molecule has 0 saturated carbocycles. The van der Waals surface area contributed by atoms with E-state index in [-0.39, 0.29) is 0 Å². The summed E-state index contributed by atoms with van der Waals surface area (Å²) in [5, 5.41) is 7.19. The molecule has 3 nitrogen and oxygen atoms in total. The molecule has 14 heavy (non-hydrogen) atoms. The number of amidine groups is 1. The third kappa shape index (κ3) is 4.09. The second kappa shape index (κ2) is 6.02. The molecule has 0 bridgehead atoms. The Hall–Kier alpha value is -0.570. The summed E-state index contributed by atoms with van der Waals surface area (Å²) >= 11 is 0. The molecule has 3 heteroatoms. The fraction of sp³-hybridized carbons (Fsp3) is 0.909. The van der Waals surface area contributed by atoms with Crippen molar-refractivity contribution in [3.8, 4) is 0 Å². The number of nitrogens with one attached hydrogen (secondary N) is 1. The van der Waals surface area contributed by atoms with E-state index in [2.05, 4.69) is 11.8 Å². The molecule has 1 aliphatic heterocycles. The van der Waals surface area contributed by atoms with Crippen molar-refractivity contribution in [2.45, 2.75) is 39.0 Å². The monoisotopic (exact) mass is 197 g/mol. The lowest BCUT2D eigenvalue weighted by molar-refractivity contribution is 0.288. The number of likely N-dealkylation sites (tertiary alicyclic amines) is 1. The summed E-state index contributed by atoms with van der Waals surface area (Å²) in [4.78, 5) is 2.46. The zero-order valence-corrected chi connectivity index (χ0v) is 9.26. The second-order valence-corrected chi connectivity index (χ2v) is 4.32. The van der Waals surface area contributed by atoms with E-state index in [0.717, 1.165) is 18.9 Å². The Balaban J connectivity index is 2.23.